The van der Waals surface area contributed by atoms with Gasteiger partial charge in [-0.15, -0.1) is 0 Å². The van der Waals surface area contributed by atoms with Crippen molar-refractivity contribution < 1.29 is 23.8 Å². The molecule has 1 saturated carbocycles. The number of carbonyl (C=O) groups excluding carboxylic acids is 2. The van der Waals surface area contributed by atoms with E-state index in [0.29, 0.717) is 65.2 Å². The summed E-state index contributed by atoms with van der Waals surface area (Å²) in [6.45, 7) is 2.51. The fraction of sp³-hybridized carbons (Fsp3) is 0.333. The molecule has 2 aromatic heterocycles. The number of aromatic nitrogens is 3. The average Bonchev–Trinajstić information content (AvgIpc) is 3.31. The SMILES string of the molecule is CC1(O)CCC(C)(C(=O)Nc2ccc(-c3nc4cc(C(=O)Nc5ccccn5)ccc4[nH]3)c(OCF)c2)C[C@@H](N)C1. The van der Waals surface area contributed by atoms with Crippen LogP contribution >= 0.6 is 0 Å². The number of imidazole rings is 1. The van der Waals surface area contributed by atoms with Crippen molar-refractivity contribution in [2.75, 3.05) is 17.5 Å². The van der Waals surface area contributed by atoms with Gasteiger partial charge in [-0.05, 0) is 75.1 Å². The molecule has 6 N–H and O–H groups in total. The second-order valence-electron chi connectivity index (χ2n) is 11.1. The number of fused-ring (bicyclic) bond motifs is 1. The maximum Gasteiger partial charge on any atom is 0.256 e. The van der Waals surface area contributed by atoms with Crippen LogP contribution in [0.1, 0.15) is 49.9 Å². The first-order valence-corrected chi connectivity index (χ1v) is 13.4. The Labute approximate surface area is 236 Å². The van der Waals surface area contributed by atoms with Crippen LogP contribution in [-0.2, 0) is 4.79 Å². The molecule has 1 aliphatic rings. The van der Waals surface area contributed by atoms with Crippen LogP contribution in [0.15, 0.2) is 60.8 Å². The summed E-state index contributed by atoms with van der Waals surface area (Å²) in [5.41, 5.74) is 7.03. The molecule has 2 aromatic carbocycles. The molecule has 11 heteroatoms. The van der Waals surface area contributed by atoms with Crippen LogP contribution in [0.3, 0.4) is 0 Å². The summed E-state index contributed by atoms with van der Waals surface area (Å²) in [4.78, 5) is 37.9. The van der Waals surface area contributed by atoms with Gasteiger partial charge in [0.2, 0.25) is 12.8 Å². The minimum atomic E-state index is -1.08. The van der Waals surface area contributed by atoms with E-state index in [1.807, 2.05) is 6.92 Å². The van der Waals surface area contributed by atoms with E-state index in [1.54, 1.807) is 67.7 Å². The highest BCUT2D eigenvalue weighted by atomic mass is 19.1. The first-order chi connectivity index (χ1) is 19.5. The number of ether oxygens (including phenoxy) is 1. The lowest BCUT2D eigenvalue weighted by Crippen LogP contribution is -2.38. The standard InChI is InChI=1S/C30H33FN6O4/c1-29(10-11-30(2,40)16-19(32)15-29)28(39)34-20-7-8-21(24(14-20)41-17-31)26-35-22-9-6-18(13-23(22)36-26)27(38)37-25-5-3-4-12-33-25/h3-9,12-14,19,40H,10-11,15-17,32H2,1-2H3,(H,34,39)(H,35,36)(H,33,37,38)/t19-,29?,30?/m1/s1. The van der Waals surface area contributed by atoms with Gasteiger partial charge < -0.3 is 31.2 Å². The summed E-state index contributed by atoms with van der Waals surface area (Å²) >= 11 is 0. The lowest BCUT2D eigenvalue weighted by atomic mass is 9.80. The first-order valence-electron chi connectivity index (χ1n) is 13.4. The second-order valence-corrected chi connectivity index (χ2v) is 11.1. The smallest absolute Gasteiger partial charge is 0.256 e. The number of pyridine rings is 1. The highest BCUT2D eigenvalue weighted by Crippen LogP contribution is 2.40. The number of nitrogens with zero attached hydrogens (tertiary/aromatic N) is 2. The Kier molecular flexibility index (Phi) is 7.74. The molecule has 214 valence electrons. The predicted octanol–water partition coefficient (Wildman–Crippen LogP) is 4.78. The van der Waals surface area contributed by atoms with Gasteiger partial charge in [0.15, 0.2) is 0 Å². The van der Waals surface area contributed by atoms with Crippen LogP contribution in [-0.4, -0.2) is 50.4 Å². The molecular weight excluding hydrogens is 527 g/mol. The highest BCUT2D eigenvalue weighted by molar-refractivity contribution is 6.05. The summed E-state index contributed by atoms with van der Waals surface area (Å²) in [5.74, 6) is 0.465. The zero-order chi connectivity index (χ0) is 29.2. The molecule has 0 bridgehead atoms. The van der Waals surface area contributed by atoms with Gasteiger partial charge in [0.1, 0.15) is 17.4 Å². The fourth-order valence-electron chi connectivity index (χ4n) is 5.33. The lowest BCUT2D eigenvalue weighted by Gasteiger charge is -2.28. The van der Waals surface area contributed by atoms with Crippen LogP contribution in [0, 0.1) is 5.41 Å². The van der Waals surface area contributed by atoms with Gasteiger partial charge in [0.25, 0.3) is 5.91 Å². The number of hydrogen-bond acceptors (Lipinski definition) is 7. The zero-order valence-corrected chi connectivity index (χ0v) is 22.9. The number of hydrogen-bond donors (Lipinski definition) is 5. The molecule has 5 rings (SSSR count). The molecule has 0 radical (unpaired) electrons. The van der Waals surface area contributed by atoms with Gasteiger partial charge in [-0.25, -0.2) is 14.4 Å². The number of benzene rings is 2. The number of amides is 2. The van der Waals surface area contributed by atoms with Crippen molar-refractivity contribution in [2.45, 2.75) is 51.2 Å². The quantitative estimate of drug-likeness (QED) is 0.204. The summed E-state index contributed by atoms with van der Waals surface area (Å²) in [6.07, 6.45) is 3.38. The van der Waals surface area contributed by atoms with Crippen molar-refractivity contribution in [3.05, 3.63) is 66.4 Å². The largest absolute Gasteiger partial charge is 0.462 e. The monoisotopic (exact) mass is 560 g/mol. The lowest BCUT2D eigenvalue weighted by molar-refractivity contribution is -0.125. The van der Waals surface area contributed by atoms with Crippen molar-refractivity contribution >= 4 is 34.4 Å². The van der Waals surface area contributed by atoms with E-state index in [-0.39, 0.29) is 23.6 Å². The maximum atomic E-state index is 13.4. The molecule has 2 heterocycles. The molecule has 1 fully saturated rings. The van der Waals surface area contributed by atoms with Crippen LogP contribution in [0.25, 0.3) is 22.4 Å². The molecule has 10 nitrogen and oxygen atoms in total. The number of carbonyl (C=O) groups is 2. The Morgan fingerprint density at radius 3 is 2.71 bits per heavy atom. The Morgan fingerprint density at radius 2 is 1.95 bits per heavy atom. The summed E-state index contributed by atoms with van der Waals surface area (Å²) in [6, 6.07) is 14.9. The van der Waals surface area contributed by atoms with E-state index in [4.69, 9.17) is 10.5 Å². The Balaban J connectivity index is 1.37. The number of aliphatic hydroxyl groups is 1. The zero-order valence-electron chi connectivity index (χ0n) is 22.9. The van der Waals surface area contributed by atoms with E-state index in [1.165, 1.54) is 0 Å². The summed E-state index contributed by atoms with van der Waals surface area (Å²) in [5, 5.41) is 16.2. The third-order valence-electron chi connectivity index (χ3n) is 7.53. The van der Waals surface area contributed by atoms with Crippen LogP contribution in [0.2, 0.25) is 0 Å². The minimum absolute atomic E-state index is 0.183. The van der Waals surface area contributed by atoms with E-state index >= 15 is 0 Å². The van der Waals surface area contributed by atoms with Crippen molar-refractivity contribution in [1.82, 2.24) is 15.0 Å². The molecule has 3 atom stereocenters. The van der Waals surface area contributed by atoms with E-state index in [0.717, 1.165) is 0 Å². The molecule has 2 amide bonds. The number of halogens is 1. The van der Waals surface area contributed by atoms with Gasteiger partial charge in [-0.2, -0.15) is 0 Å². The average molecular weight is 561 g/mol. The van der Waals surface area contributed by atoms with Crippen molar-refractivity contribution in [3.8, 4) is 17.1 Å². The van der Waals surface area contributed by atoms with Crippen molar-refractivity contribution in [1.29, 1.82) is 0 Å². The van der Waals surface area contributed by atoms with E-state index in [2.05, 4.69) is 25.6 Å². The van der Waals surface area contributed by atoms with Crippen LogP contribution in [0.4, 0.5) is 15.9 Å². The number of nitrogens with one attached hydrogen (secondary N) is 3. The van der Waals surface area contributed by atoms with Crippen LogP contribution < -0.4 is 21.1 Å². The molecule has 41 heavy (non-hydrogen) atoms. The molecule has 4 aromatic rings. The summed E-state index contributed by atoms with van der Waals surface area (Å²) in [7, 11) is 0. The number of rotatable bonds is 7. The second kappa shape index (κ2) is 11.3. The predicted molar refractivity (Wildman–Crippen MR) is 154 cm³/mol. The number of H-pyrrole nitrogens is 1. The molecular formula is C30H33FN6O4. The molecule has 0 spiro atoms. The summed E-state index contributed by atoms with van der Waals surface area (Å²) < 4.78 is 18.7. The third kappa shape index (κ3) is 6.36. The van der Waals surface area contributed by atoms with Gasteiger partial charge in [0, 0.05) is 35.0 Å². The van der Waals surface area contributed by atoms with Gasteiger partial charge >= 0.3 is 0 Å². The normalized spacial score (nSPS) is 22.6. The first kappa shape index (κ1) is 28.2. The van der Waals surface area contributed by atoms with Gasteiger partial charge in [-0.3, -0.25) is 9.59 Å². The maximum absolute atomic E-state index is 13.4. The van der Waals surface area contributed by atoms with Crippen molar-refractivity contribution in [3.63, 3.8) is 0 Å². The third-order valence-corrected chi connectivity index (χ3v) is 7.53. The fourth-order valence-corrected chi connectivity index (χ4v) is 5.33. The molecule has 1 aliphatic carbocycles. The number of nitrogens with two attached hydrogens (primary N) is 1. The molecule has 0 saturated heterocycles. The molecule has 0 aliphatic heterocycles. The molecule has 2 unspecified atom stereocenters. The van der Waals surface area contributed by atoms with Crippen molar-refractivity contribution in [2.24, 2.45) is 11.1 Å². The Hall–Kier alpha value is -4.35. The highest BCUT2D eigenvalue weighted by Gasteiger charge is 2.41. The van der Waals surface area contributed by atoms with E-state index < -0.39 is 17.9 Å². The van der Waals surface area contributed by atoms with E-state index in [9.17, 15) is 19.1 Å². The number of aromatic amines is 1. The topological polar surface area (TPSA) is 155 Å². The van der Waals surface area contributed by atoms with Gasteiger partial charge in [0.05, 0.1) is 22.2 Å². The van der Waals surface area contributed by atoms with Crippen LogP contribution in [0.5, 0.6) is 5.75 Å². The van der Waals surface area contributed by atoms with Gasteiger partial charge in [-0.1, -0.05) is 13.0 Å². The Morgan fingerprint density at radius 1 is 1.12 bits per heavy atom. The Bertz CT molecular complexity index is 1570. The number of alkyl halides is 1. The minimum Gasteiger partial charge on any atom is -0.462 e. The number of anilines is 2.